The number of halogens is 2. The molecule has 0 radical (unpaired) electrons. The highest BCUT2D eigenvalue weighted by atomic mass is 35.5. The summed E-state index contributed by atoms with van der Waals surface area (Å²) in [4.78, 5) is 16.7. The van der Waals surface area contributed by atoms with E-state index < -0.39 is 0 Å². The molecule has 0 spiro atoms. The molecule has 0 aromatic heterocycles. The van der Waals surface area contributed by atoms with Gasteiger partial charge in [0.25, 0.3) is 0 Å². The molecule has 128 valence electrons. The van der Waals surface area contributed by atoms with Gasteiger partial charge in [-0.1, -0.05) is 30.7 Å². The van der Waals surface area contributed by atoms with Crippen molar-refractivity contribution >= 4 is 29.9 Å². The number of hydrogen-bond donors (Lipinski definition) is 1. The number of benzene rings is 1. The lowest BCUT2D eigenvalue weighted by Gasteiger charge is -2.38. The molecule has 4 nitrogen and oxygen atoms in total. The first kappa shape index (κ1) is 18.5. The van der Waals surface area contributed by atoms with E-state index in [0.29, 0.717) is 18.5 Å². The molecule has 2 heterocycles. The average Bonchev–Trinajstić information content (AvgIpc) is 2.88. The van der Waals surface area contributed by atoms with Crippen LogP contribution in [-0.4, -0.2) is 55.0 Å². The van der Waals surface area contributed by atoms with Gasteiger partial charge < -0.3 is 10.2 Å². The molecule has 1 unspecified atom stereocenters. The summed E-state index contributed by atoms with van der Waals surface area (Å²) in [6.45, 7) is 8.44. The Morgan fingerprint density at radius 2 is 2.17 bits per heavy atom. The number of hydrogen-bond acceptors (Lipinski definition) is 3. The number of nitrogens with one attached hydrogen (secondary N) is 1. The Morgan fingerprint density at radius 1 is 1.35 bits per heavy atom. The van der Waals surface area contributed by atoms with E-state index in [4.69, 9.17) is 11.6 Å². The van der Waals surface area contributed by atoms with E-state index in [1.807, 2.05) is 29.2 Å². The van der Waals surface area contributed by atoms with Gasteiger partial charge in [0.2, 0.25) is 5.91 Å². The Kier molecular flexibility index (Phi) is 6.32. The van der Waals surface area contributed by atoms with Crippen molar-refractivity contribution in [3.8, 4) is 0 Å². The number of amides is 1. The van der Waals surface area contributed by atoms with Crippen molar-refractivity contribution in [1.82, 2.24) is 15.1 Å². The van der Waals surface area contributed by atoms with Crippen LogP contribution in [0.1, 0.15) is 18.9 Å². The molecule has 2 aliphatic rings. The maximum absolute atomic E-state index is 12.4. The quantitative estimate of drug-likeness (QED) is 0.898. The SMILES string of the molecule is CC1(CN2CCN(Cc3cccc(Cl)c3)C(=O)C2)CCNC1.Cl. The van der Waals surface area contributed by atoms with Crippen molar-refractivity contribution in [3.05, 3.63) is 34.9 Å². The second kappa shape index (κ2) is 7.84. The molecule has 3 rings (SSSR count). The molecule has 1 atom stereocenters. The van der Waals surface area contributed by atoms with Crippen molar-refractivity contribution in [2.45, 2.75) is 19.9 Å². The van der Waals surface area contributed by atoms with Gasteiger partial charge in [-0.05, 0) is 36.1 Å². The molecule has 1 aromatic rings. The van der Waals surface area contributed by atoms with E-state index in [9.17, 15) is 4.79 Å². The summed E-state index contributed by atoms with van der Waals surface area (Å²) in [6, 6.07) is 7.76. The minimum absolute atomic E-state index is 0. The summed E-state index contributed by atoms with van der Waals surface area (Å²) in [5.74, 6) is 0.223. The van der Waals surface area contributed by atoms with Crippen LogP contribution in [0.15, 0.2) is 24.3 Å². The fourth-order valence-corrected chi connectivity index (χ4v) is 3.67. The first-order valence-electron chi connectivity index (χ1n) is 7.99. The fraction of sp³-hybridized carbons (Fsp3) is 0.588. The average molecular weight is 358 g/mol. The van der Waals surface area contributed by atoms with Crippen LogP contribution in [0.4, 0.5) is 0 Å². The molecule has 2 saturated heterocycles. The second-order valence-electron chi connectivity index (χ2n) is 6.89. The Bertz CT molecular complexity index is 546. The van der Waals surface area contributed by atoms with E-state index in [-0.39, 0.29) is 18.3 Å². The van der Waals surface area contributed by atoms with Gasteiger partial charge in [0, 0.05) is 37.7 Å². The minimum Gasteiger partial charge on any atom is -0.336 e. The first-order chi connectivity index (χ1) is 10.5. The highest BCUT2D eigenvalue weighted by Gasteiger charge is 2.33. The molecule has 1 amide bonds. The molecule has 0 aliphatic carbocycles. The van der Waals surface area contributed by atoms with Crippen LogP contribution in [0.5, 0.6) is 0 Å². The van der Waals surface area contributed by atoms with Crippen molar-refractivity contribution in [2.24, 2.45) is 5.41 Å². The first-order valence-corrected chi connectivity index (χ1v) is 8.37. The highest BCUT2D eigenvalue weighted by Crippen LogP contribution is 2.26. The summed E-state index contributed by atoms with van der Waals surface area (Å²) >= 11 is 6.01. The number of carbonyl (C=O) groups is 1. The van der Waals surface area contributed by atoms with Crippen molar-refractivity contribution in [2.75, 3.05) is 39.3 Å². The number of carbonyl (C=O) groups excluding carboxylic acids is 1. The van der Waals surface area contributed by atoms with E-state index in [1.165, 1.54) is 6.42 Å². The Balaban J connectivity index is 0.00000192. The smallest absolute Gasteiger partial charge is 0.237 e. The van der Waals surface area contributed by atoms with Crippen LogP contribution in [-0.2, 0) is 11.3 Å². The third-order valence-corrected chi connectivity index (χ3v) is 4.96. The monoisotopic (exact) mass is 357 g/mol. The molecule has 1 aromatic carbocycles. The predicted molar refractivity (Wildman–Crippen MR) is 96.2 cm³/mol. The van der Waals surface area contributed by atoms with Crippen LogP contribution in [0.2, 0.25) is 5.02 Å². The summed E-state index contributed by atoms with van der Waals surface area (Å²) in [6.07, 6.45) is 1.20. The topological polar surface area (TPSA) is 35.6 Å². The van der Waals surface area contributed by atoms with E-state index in [0.717, 1.165) is 43.3 Å². The van der Waals surface area contributed by atoms with Crippen molar-refractivity contribution < 1.29 is 4.79 Å². The van der Waals surface area contributed by atoms with Gasteiger partial charge in [0.1, 0.15) is 0 Å². The number of nitrogens with zero attached hydrogens (tertiary/aromatic N) is 2. The van der Waals surface area contributed by atoms with Gasteiger partial charge >= 0.3 is 0 Å². The third kappa shape index (κ3) is 4.83. The van der Waals surface area contributed by atoms with Crippen LogP contribution in [0, 0.1) is 5.41 Å². The summed E-state index contributed by atoms with van der Waals surface area (Å²) in [7, 11) is 0. The second-order valence-corrected chi connectivity index (χ2v) is 7.33. The Labute approximate surface area is 149 Å². The van der Waals surface area contributed by atoms with E-state index in [2.05, 4.69) is 17.1 Å². The lowest BCUT2D eigenvalue weighted by molar-refractivity contribution is -0.137. The predicted octanol–water partition coefficient (Wildman–Crippen LogP) is 2.41. The van der Waals surface area contributed by atoms with Gasteiger partial charge in [-0.2, -0.15) is 0 Å². The summed E-state index contributed by atoms with van der Waals surface area (Å²) < 4.78 is 0. The van der Waals surface area contributed by atoms with Crippen LogP contribution >= 0.6 is 24.0 Å². The zero-order valence-electron chi connectivity index (χ0n) is 13.6. The standard InChI is InChI=1S/C17H24ClN3O.ClH/c1-17(5-6-19-12-17)13-20-7-8-21(16(22)11-20)10-14-3-2-4-15(18)9-14;/h2-4,9,19H,5-8,10-13H2,1H3;1H. The van der Waals surface area contributed by atoms with Crippen LogP contribution < -0.4 is 5.32 Å². The van der Waals surface area contributed by atoms with Gasteiger partial charge in [0.05, 0.1) is 6.54 Å². The van der Waals surface area contributed by atoms with Crippen molar-refractivity contribution in [1.29, 1.82) is 0 Å². The molecule has 0 saturated carbocycles. The van der Waals surface area contributed by atoms with E-state index in [1.54, 1.807) is 0 Å². The molecule has 23 heavy (non-hydrogen) atoms. The highest BCUT2D eigenvalue weighted by molar-refractivity contribution is 6.30. The lowest BCUT2D eigenvalue weighted by Crippen LogP contribution is -2.52. The normalized spacial score (nSPS) is 25.5. The third-order valence-electron chi connectivity index (χ3n) is 4.72. The zero-order chi connectivity index (χ0) is 15.6. The zero-order valence-corrected chi connectivity index (χ0v) is 15.1. The molecular weight excluding hydrogens is 333 g/mol. The van der Waals surface area contributed by atoms with Gasteiger partial charge in [-0.15, -0.1) is 12.4 Å². The largest absolute Gasteiger partial charge is 0.336 e. The molecule has 0 bridgehead atoms. The van der Waals surface area contributed by atoms with Crippen molar-refractivity contribution in [3.63, 3.8) is 0 Å². The Hall–Kier alpha value is -0.810. The van der Waals surface area contributed by atoms with Gasteiger partial charge in [-0.3, -0.25) is 9.69 Å². The molecule has 6 heteroatoms. The number of rotatable bonds is 4. The maximum atomic E-state index is 12.4. The maximum Gasteiger partial charge on any atom is 0.237 e. The minimum atomic E-state index is 0. The molecular formula is C17H25Cl2N3O. The van der Waals surface area contributed by atoms with Crippen LogP contribution in [0.3, 0.4) is 0 Å². The molecule has 1 N–H and O–H groups in total. The van der Waals surface area contributed by atoms with Gasteiger partial charge in [-0.25, -0.2) is 0 Å². The van der Waals surface area contributed by atoms with Gasteiger partial charge in [0.15, 0.2) is 0 Å². The summed E-state index contributed by atoms with van der Waals surface area (Å²) in [5, 5.41) is 4.15. The molecule has 2 aliphatic heterocycles. The van der Waals surface area contributed by atoms with E-state index >= 15 is 0 Å². The lowest BCUT2D eigenvalue weighted by atomic mass is 9.89. The number of piperazine rings is 1. The van der Waals surface area contributed by atoms with Crippen LogP contribution in [0.25, 0.3) is 0 Å². The molecule has 2 fully saturated rings. The summed E-state index contributed by atoms with van der Waals surface area (Å²) in [5.41, 5.74) is 1.41. The Morgan fingerprint density at radius 3 is 2.83 bits per heavy atom. The fourth-order valence-electron chi connectivity index (χ4n) is 3.46.